The van der Waals surface area contributed by atoms with Gasteiger partial charge in [0, 0.05) is 19.6 Å². The lowest BCUT2D eigenvalue weighted by Gasteiger charge is -2.29. The van der Waals surface area contributed by atoms with E-state index in [1.54, 1.807) is 6.92 Å². The molecule has 2 rings (SSSR count). The Kier molecular flexibility index (Phi) is 5.02. The van der Waals surface area contributed by atoms with Crippen molar-refractivity contribution in [2.75, 3.05) is 26.2 Å². The molecule has 0 aliphatic carbocycles. The fourth-order valence-electron chi connectivity index (χ4n) is 3.37. The zero-order valence-corrected chi connectivity index (χ0v) is 12.7. The minimum atomic E-state index is -0.407. The van der Waals surface area contributed by atoms with Gasteiger partial charge in [-0.3, -0.25) is 9.59 Å². The molecule has 2 saturated heterocycles. The van der Waals surface area contributed by atoms with Crippen molar-refractivity contribution in [3.8, 4) is 0 Å². The van der Waals surface area contributed by atoms with Gasteiger partial charge >= 0.3 is 0 Å². The number of carbonyl (C=O) groups is 2. The lowest BCUT2D eigenvalue weighted by atomic mass is 9.81. The molecule has 0 aromatic heterocycles. The molecule has 2 N–H and O–H groups in total. The Balaban J connectivity index is 1.93. The molecule has 2 aliphatic rings. The van der Waals surface area contributed by atoms with E-state index in [9.17, 15) is 9.59 Å². The maximum absolute atomic E-state index is 12.6. The van der Waals surface area contributed by atoms with Gasteiger partial charge in [-0.2, -0.15) is 0 Å². The maximum Gasteiger partial charge on any atom is 0.244 e. The number of nitrogens with zero attached hydrogens (tertiary/aromatic N) is 1. The molecule has 0 radical (unpaired) electrons. The molecule has 20 heavy (non-hydrogen) atoms. The summed E-state index contributed by atoms with van der Waals surface area (Å²) in [6.07, 6.45) is 4.91. The van der Waals surface area contributed by atoms with Crippen molar-refractivity contribution in [3.05, 3.63) is 0 Å². The molecule has 2 atom stereocenters. The molecule has 2 heterocycles. The highest BCUT2D eigenvalue weighted by molar-refractivity contribution is 5.90. The van der Waals surface area contributed by atoms with Gasteiger partial charge in [0.15, 0.2) is 0 Å². The first-order chi connectivity index (χ1) is 9.59. The standard InChI is InChI=1S/C15H27N3O2/c1-3-6-15(7-8-16-11-15)14(20)17-12(2)13(19)18-9-4-5-10-18/h12,16H,3-11H2,1-2H3,(H,17,20). The number of hydrogen-bond donors (Lipinski definition) is 2. The molecular weight excluding hydrogens is 254 g/mol. The van der Waals surface area contributed by atoms with Crippen molar-refractivity contribution in [2.24, 2.45) is 5.41 Å². The molecule has 0 aromatic rings. The van der Waals surface area contributed by atoms with E-state index in [4.69, 9.17) is 0 Å². The second-order valence-corrected chi connectivity index (χ2v) is 6.18. The molecule has 0 saturated carbocycles. The van der Waals surface area contributed by atoms with Gasteiger partial charge in [-0.25, -0.2) is 0 Å². The Labute approximate surface area is 121 Å². The molecule has 2 aliphatic heterocycles. The highest BCUT2D eigenvalue weighted by Gasteiger charge is 2.41. The van der Waals surface area contributed by atoms with Crippen molar-refractivity contribution in [2.45, 2.75) is 52.0 Å². The van der Waals surface area contributed by atoms with Crippen molar-refractivity contribution in [1.82, 2.24) is 15.5 Å². The van der Waals surface area contributed by atoms with Crippen LogP contribution in [0.25, 0.3) is 0 Å². The van der Waals surface area contributed by atoms with Gasteiger partial charge in [-0.15, -0.1) is 0 Å². The van der Waals surface area contributed by atoms with Crippen LogP contribution in [0.4, 0.5) is 0 Å². The van der Waals surface area contributed by atoms with Crippen LogP contribution in [0.1, 0.15) is 46.0 Å². The van der Waals surface area contributed by atoms with Crippen LogP contribution >= 0.6 is 0 Å². The van der Waals surface area contributed by atoms with Gasteiger partial charge in [0.2, 0.25) is 11.8 Å². The fraction of sp³-hybridized carbons (Fsp3) is 0.867. The SMILES string of the molecule is CCCC1(C(=O)NC(C)C(=O)N2CCCC2)CCNC1. The number of nitrogens with one attached hydrogen (secondary N) is 2. The Bertz CT molecular complexity index is 358. The molecule has 0 aromatic carbocycles. The molecule has 2 unspecified atom stereocenters. The van der Waals surface area contributed by atoms with E-state index in [1.807, 2.05) is 4.90 Å². The average Bonchev–Trinajstić information content (AvgIpc) is 3.09. The van der Waals surface area contributed by atoms with Crippen LogP contribution < -0.4 is 10.6 Å². The zero-order chi connectivity index (χ0) is 14.6. The van der Waals surface area contributed by atoms with E-state index in [0.29, 0.717) is 0 Å². The van der Waals surface area contributed by atoms with Crippen LogP contribution in [-0.4, -0.2) is 48.9 Å². The summed E-state index contributed by atoms with van der Waals surface area (Å²) < 4.78 is 0. The number of carbonyl (C=O) groups excluding carboxylic acids is 2. The minimum Gasteiger partial charge on any atom is -0.344 e. The van der Waals surface area contributed by atoms with Crippen LogP contribution in [0.3, 0.4) is 0 Å². The first-order valence-corrected chi connectivity index (χ1v) is 7.89. The summed E-state index contributed by atoms with van der Waals surface area (Å²) in [6.45, 7) is 7.20. The summed E-state index contributed by atoms with van der Waals surface area (Å²) in [5.74, 6) is 0.109. The molecule has 2 amide bonds. The topological polar surface area (TPSA) is 61.4 Å². The normalized spacial score (nSPS) is 27.6. The monoisotopic (exact) mass is 281 g/mol. The van der Waals surface area contributed by atoms with Gasteiger partial charge in [-0.1, -0.05) is 13.3 Å². The average molecular weight is 281 g/mol. The molecule has 0 bridgehead atoms. The van der Waals surface area contributed by atoms with Gasteiger partial charge in [0.1, 0.15) is 6.04 Å². The summed E-state index contributed by atoms with van der Waals surface area (Å²) in [6, 6.07) is -0.407. The Morgan fingerprint density at radius 1 is 1.35 bits per heavy atom. The number of rotatable bonds is 5. The summed E-state index contributed by atoms with van der Waals surface area (Å²) in [4.78, 5) is 26.7. The Morgan fingerprint density at radius 3 is 2.60 bits per heavy atom. The third-order valence-electron chi connectivity index (χ3n) is 4.59. The predicted octanol–water partition coefficient (Wildman–Crippen LogP) is 0.893. The lowest BCUT2D eigenvalue weighted by Crippen LogP contribution is -2.51. The highest BCUT2D eigenvalue weighted by Crippen LogP contribution is 2.31. The highest BCUT2D eigenvalue weighted by atomic mass is 16.2. The maximum atomic E-state index is 12.6. The molecule has 114 valence electrons. The minimum absolute atomic E-state index is 0.0457. The molecule has 0 spiro atoms. The van der Waals surface area contributed by atoms with Crippen LogP contribution in [0.15, 0.2) is 0 Å². The second kappa shape index (κ2) is 6.57. The Morgan fingerprint density at radius 2 is 2.05 bits per heavy atom. The van der Waals surface area contributed by atoms with Crippen LogP contribution in [0.5, 0.6) is 0 Å². The third-order valence-corrected chi connectivity index (χ3v) is 4.59. The van der Waals surface area contributed by atoms with Crippen molar-refractivity contribution in [3.63, 3.8) is 0 Å². The zero-order valence-electron chi connectivity index (χ0n) is 12.7. The number of likely N-dealkylation sites (tertiary alicyclic amines) is 1. The Hall–Kier alpha value is -1.10. The van der Waals surface area contributed by atoms with E-state index in [-0.39, 0.29) is 17.2 Å². The number of hydrogen-bond acceptors (Lipinski definition) is 3. The van der Waals surface area contributed by atoms with E-state index in [2.05, 4.69) is 17.6 Å². The van der Waals surface area contributed by atoms with E-state index >= 15 is 0 Å². The first kappa shape index (κ1) is 15.3. The summed E-state index contributed by atoms with van der Waals surface area (Å²) >= 11 is 0. The molecule has 5 nitrogen and oxygen atoms in total. The molecular formula is C15H27N3O2. The quantitative estimate of drug-likeness (QED) is 0.787. The summed E-state index contributed by atoms with van der Waals surface area (Å²) in [5.41, 5.74) is -0.311. The van der Waals surface area contributed by atoms with Crippen LogP contribution in [0.2, 0.25) is 0 Å². The van der Waals surface area contributed by atoms with Gasteiger partial charge in [0.25, 0.3) is 0 Å². The van der Waals surface area contributed by atoms with Gasteiger partial charge < -0.3 is 15.5 Å². The largest absolute Gasteiger partial charge is 0.344 e. The molecule has 2 fully saturated rings. The van der Waals surface area contributed by atoms with Crippen molar-refractivity contribution < 1.29 is 9.59 Å². The first-order valence-electron chi connectivity index (χ1n) is 7.89. The smallest absolute Gasteiger partial charge is 0.244 e. The van der Waals surface area contributed by atoms with E-state index in [0.717, 1.165) is 58.3 Å². The summed E-state index contributed by atoms with van der Waals surface area (Å²) in [5, 5.41) is 6.23. The predicted molar refractivity (Wildman–Crippen MR) is 78.2 cm³/mol. The molecule has 5 heteroatoms. The van der Waals surface area contributed by atoms with Crippen molar-refractivity contribution in [1.29, 1.82) is 0 Å². The van der Waals surface area contributed by atoms with E-state index in [1.165, 1.54) is 0 Å². The third kappa shape index (κ3) is 3.14. The van der Waals surface area contributed by atoms with Gasteiger partial charge in [-0.05, 0) is 39.2 Å². The second-order valence-electron chi connectivity index (χ2n) is 6.18. The van der Waals surface area contributed by atoms with Gasteiger partial charge in [0.05, 0.1) is 5.41 Å². The van der Waals surface area contributed by atoms with Crippen molar-refractivity contribution >= 4 is 11.8 Å². The van der Waals surface area contributed by atoms with E-state index < -0.39 is 6.04 Å². The number of amides is 2. The summed E-state index contributed by atoms with van der Waals surface area (Å²) in [7, 11) is 0. The van der Waals surface area contributed by atoms with Crippen LogP contribution in [0, 0.1) is 5.41 Å². The lowest BCUT2D eigenvalue weighted by molar-refractivity contribution is -0.138. The fourth-order valence-corrected chi connectivity index (χ4v) is 3.37. The van der Waals surface area contributed by atoms with Crippen LogP contribution in [-0.2, 0) is 9.59 Å².